The quantitative estimate of drug-likeness (QED) is 0.622. The topological polar surface area (TPSA) is 42.0 Å². The zero-order valence-corrected chi connectivity index (χ0v) is 14.8. The lowest BCUT2D eigenvalue weighted by atomic mass is 10.1. The van der Waals surface area contributed by atoms with Crippen molar-refractivity contribution in [1.82, 2.24) is 4.98 Å². The summed E-state index contributed by atoms with van der Waals surface area (Å²) in [6.45, 7) is 1.89. The molecule has 7 heteroatoms. The van der Waals surface area contributed by atoms with Crippen molar-refractivity contribution < 1.29 is 9.18 Å². The molecule has 1 amide bonds. The van der Waals surface area contributed by atoms with Gasteiger partial charge in [0.05, 0.1) is 21.3 Å². The van der Waals surface area contributed by atoms with Crippen molar-refractivity contribution in [3.05, 3.63) is 68.8 Å². The smallest absolute Gasteiger partial charge is 0.259 e. The van der Waals surface area contributed by atoms with Crippen LogP contribution >= 0.6 is 34.5 Å². The van der Waals surface area contributed by atoms with Gasteiger partial charge in [0.2, 0.25) is 0 Å². The van der Waals surface area contributed by atoms with Crippen LogP contribution in [-0.2, 0) is 0 Å². The van der Waals surface area contributed by atoms with Gasteiger partial charge in [-0.05, 0) is 43.3 Å². The third-order valence-corrected chi connectivity index (χ3v) is 5.04. The number of nitrogens with zero attached hydrogens (tertiary/aromatic N) is 1. The zero-order valence-electron chi connectivity index (χ0n) is 12.4. The number of carbonyl (C=O) groups is 1. The molecule has 3 nitrogen and oxygen atoms in total. The lowest BCUT2D eigenvalue weighted by molar-refractivity contribution is 0.102. The van der Waals surface area contributed by atoms with Gasteiger partial charge in [0.15, 0.2) is 5.13 Å². The highest BCUT2D eigenvalue weighted by Gasteiger charge is 2.16. The first kappa shape index (κ1) is 16.9. The van der Waals surface area contributed by atoms with E-state index in [1.54, 1.807) is 30.3 Å². The maximum atomic E-state index is 13.0. The van der Waals surface area contributed by atoms with Crippen molar-refractivity contribution in [1.29, 1.82) is 0 Å². The third kappa shape index (κ3) is 3.43. The molecular weight excluding hydrogens is 370 g/mol. The molecule has 0 aliphatic carbocycles. The Kier molecular flexibility index (Phi) is 4.85. The van der Waals surface area contributed by atoms with Crippen LogP contribution in [0.1, 0.15) is 15.2 Å². The molecule has 3 rings (SSSR count). The summed E-state index contributed by atoms with van der Waals surface area (Å²) in [5.74, 6) is -0.697. The summed E-state index contributed by atoms with van der Waals surface area (Å²) in [6.07, 6.45) is 0. The Labute approximate surface area is 152 Å². The molecule has 0 saturated carbocycles. The molecule has 24 heavy (non-hydrogen) atoms. The van der Waals surface area contributed by atoms with E-state index in [2.05, 4.69) is 10.3 Å². The number of nitrogens with one attached hydrogen (secondary N) is 1. The van der Waals surface area contributed by atoms with Gasteiger partial charge < -0.3 is 0 Å². The average molecular weight is 381 g/mol. The molecule has 0 fully saturated rings. The minimum atomic E-state index is -0.387. The molecule has 0 saturated heterocycles. The van der Waals surface area contributed by atoms with E-state index in [1.807, 2.05) is 6.92 Å². The highest BCUT2D eigenvalue weighted by molar-refractivity contribution is 7.16. The van der Waals surface area contributed by atoms with Gasteiger partial charge in [-0.25, -0.2) is 9.37 Å². The van der Waals surface area contributed by atoms with Crippen molar-refractivity contribution >= 4 is 45.6 Å². The van der Waals surface area contributed by atoms with Crippen LogP contribution in [0.4, 0.5) is 9.52 Å². The highest BCUT2D eigenvalue weighted by Crippen LogP contribution is 2.31. The van der Waals surface area contributed by atoms with Gasteiger partial charge in [-0.3, -0.25) is 10.1 Å². The normalized spacial score (nSPS) is 10.7. The maximum Gasteiger partial charge on any atom is 0.259 e. The summed E-state index contributed by atoms with van der Waals surface area (Å²) in [4.78, 5) is 17.7. The molecule has 1 heterocycles. The molecule has 0 atom stereocenters. The summed E-state index contributed by atoms with van der Waals surface area (Å²) in [7, 11) is 0. The summed E-state index contributed by atoms with van der Waals surface area (Å²) in [6, 6.07) is 10.9. The van der Waals surface area contributed by atoms with E-state index in [-0.39, 0.29) is 22.3 Å². The van der Waals surface area contributed by atoms with Crippen LogP contribution in [-0.4, -0.2) is 10.9 Å². The maximum absolute atomic E-state index is 13.0. The Morgan fingerprint density at radius 1 is 1.17 bits per heavy atom. The SMILES string of the molecule is Cc1sc(NC(=O)c2cccc(Cl)c2Cl)nc1-c1ccc(F)cc1. The molecule has 0 spiro atoms. The van der Waals surface area contributed by atoms with Crippen LogP contribution < -0.4 is 5.32 Å². The van der Waals surface area contributed by atoms with Gasteiger partial charge in [0.25, 0.3) is 5.91 Å². The largest absolute Gasteiger partial charge is 0.298 e. The number of halogens is 3. The first-order chi connectivity index (χ1) is 11.5. The number of anilines is 1. The minimum Gasteiger partial charge on any atom is -0.298 e. The molecule has 122 valence electrons. The molecule has 0 radical (unpaired) electrons. The Bertz CT molecular complexity index is 909. The number of amides is 1. The molecule has 2 aromatic carbocycles. The van der Waals surface area contributed by atoms with Gasteiger partial charge in [0, 0.05) is 10.4 Å². The number of hydrogen-bond acceptors (Lipinski definition) is 3. The second-order valence-electron chi connectivity index (χ2n) is 4.99. The lowest BCUT2D eigenvalue weighted by Crippen LogP contribution is -2.12. The summed E-state index contributed by atoms with van der Waals surface area (Å²) in [5, 5.41) is 3.67. The number of carbonyl (C=O) groups excluding carboxylic acids is 1. The number of rotatable bonds is 3. The highest BCUT2D eigenvalue weighted by atomic mass is 35.5. The van der Waals surface area contributed by atoms with Gasteiger partial charge in [-0.1, -0.05) is 29.3 Å². The fraction of sp³-hybridized carbons (Fsp3) is 0.0588. The average Bonchev–Trinajstić information content (AvgIpc) is 2.91. The van der Waals surface area contributed by atoms with Gasteiger partial charge in [0.1, 0.15) is 5.82 Å². The predicted octanol–water partition coefficient (Wildman–Crippen LogP) is 5.82. The molecule has 0 bridgehead atoms. The molecule has 0 aliphatic heterocycles. The molecule has 0 unspecified atom stereocenters. The first-order valence-electron chi connectivity index (χ1n) is 6.94. The number of thiazole rings is 1. The molecule has 3 aromatic rings. The fourth-order valence-corrected chi connectivity index (χ4v) is 3.39. The first-order valence-corrected chi connectivity index (χ1v) is 8.51. The Morgan fingerprint density at radius 3 is 2.58 bits per heavy atom. The van der Waals surface area contributed by atoms with Crippen molar-refractivity contribution in [2.24, 2.45) is 0 Å². The number of hydrogen-bond donors (Lipinski definition) is 1. The van der Waals surface area contributed by atoms with Crippen LogP contribution in [0.5, 0.6) is 0 Å². The van der Waals surface area contributed by atoms with Crippen LogP contribution in [0, 0.1) is 12.7 Å². The van der Waals surface area contributed by atoms with E-state index in [4.69, 9.17) is 23.2 Å². The van der Waals surface area contributed by atoms with Crippen LogP contribution in [0.25, 0.3) is 11.3 Å². The summed E-state index contributed by atoms with van der Waals surface area (Å²) >= 11 is 13.3. The van der Waals surface area contributed by atoms with Gasteiger partial charge >= 0.3 is 0 Å². The standard InChI is InChI=1S/C17H11Cl2FN2OS/c1-9-15(10-5-7-11(20)8-6-10)21-17(24-9)22-16(23)12-3-2-4-13(18)14(12)19/h2-8H,1H3,(H,21,22,23). The van der Waals surface area contributed by atoms with E-state index in [0.29, 0.717) is 15.8 Å². The molecule has 1 aromatic heterocycles. The zero-order chi connectivity index (χ0) is 17.3. The van der Waals surface area contributed by atoms with Crippen molar-refractivity contribution in [3.8, 4) is 11.3 Å². The van der Waals surface area contributed by atoms with Crippen LogP contribution in [0.15, 0.2) is 42.5 Å². The monoisotopic (exact) mass is 380 g/mol. The Hall–Kier alpha value is -1.95. The van der Waals surface area contributed by atoms with Gasteiger partial charge in [-0.2, -0.15) is 0 Å². The number of aromatic nitrogens is 1. The van der Waals surface area contributed by atoms with E-state index >= 15 is 0 Å². The van der Waals surface area contributed by atoms with Crippen LogP contribution in [0.2, 0.25) is 10.0 Å². The Balaban J connectivity index is 1.86. The van der Waals surface area contributed by atoms with E-state index < -0.39 is 0 Å². The minimum absolute atomic E-state index is 0.198. The summed E-state index contributed by atoms with van der Waals surface area (Å²) in [5.41, 5.74) is 1.76. The van der Waals surface area contributed by atoms with Crippen LogP contribution in [0.3, 0.4) is 0 Å². The lowest BCUT2D eigenvalue weighted by Gasteiger charge is -2.05. The number of benzene rings is 2. The molecule has 1 N–H and O–H groups in total. The fourth-order valence-electron chi connectivity index (χ4n) is 2.17. The van der Waals surface area contributed by atoms with E-state index in [0.717, 1.165) is 10.4 Å². The molecular formula is C17H11Cl2FN2OS. The molecule has 0 aliphatic rings. The van der Waals surface area contributed by atoms with Crippen molar-refractivity contribution in [2.75, 3.05) is 5.32 Å². The van der Waals surface area contributed by atoms with Crippen molar-refractivity contribution in [3.63, 3.8) is 0 Å². The summed E-state index contributed by atoms with van der Waals surface area (Å²) < 4.78 is 13.0. The second kappa shape index (κ2) is 6.89. The van der Waals surface area contributed by atoms with E-state index in [1.165, 1.54) is 23.5 Å². The second-order valence-corrected chi connectivity index (χ2v) is 6.97. The van der Waals surface area contributed by atoms with Crippen molar-refractivity contribution in [2.45, 2.75) is 6.92 Å². The Morgan fingerprint density at radius 2 is 1.88 bits per heavy atom. The predicted molar refractivity (Wildman–Crippen MR) is 96.7 cm³/mol. The van der Waals surface area contributed by atoms with E-state index in [9.17, 15) is 9.18 Å². The number of aryl methyl sites for hydroxylation is 1. The third-order valence-electron chi connectivity index (χ3n) is 3.33. The van der Waals surface area contributed by atoms with Gasteiger partial charge in [-0.15, -0.1) is 11.3 Å².